The van der Waals surface area contributed by atoms with Gasteiger partial charge in [0.05, 0.1) is 0 Å². The summed E-state index contributed by atoms with van der Waals surface area (Å²) in [6, 6.07) is 2.43. The molecular weight excluding hydrogens is 257 g/mol. The van der Waals surface area contributed by atoms with E-state index >= 15 is 0 Å². The third kappa shape index (κ3) is 4.67. The number of halogens is 1. The highest BCUT2D eigenvalue weighted by molar-refractivity contribution is 7.89. The van der Waals surface area contributed by atoms with E-state index < -0.39 is 20.9 Å². The Labute approximate surface area is 107 Å². The van der Waals surface area contributed by atoms with E-state index in [0.29, 0.717) is 6.42 Å². The van der Waals surface area contributed by atoms with Gasteiger partial charge in [-0.25, -0.2) is 22.5 Å². The number of rotatable bonds is 7. The van der Waals surface area contributed by atoms with Crippen LogP contribution < -0.4 is 4.72 Å². The van der Waals surface area contributed by atoms with E-state index in [1.807, 2.05) is 19.0 Å². The number of aromatic nitrogens is 1. The summed E-state index contributed by atoms with van der Waals surface area (Å²) in [6.07, 6.45) is 2.83. The molecule has 0 saturated heterocycles. The number of hydrogen-bond donors (Lipinski definition) is 1. The molecule has 1 N–H and O–H groups in total. The molecule has 0 radical (unpaired) electrons. The average Bonchev–Trinajstić information content (AvgIpc) is 2.28. The first-order valence-corrected chi connectivity index (χ1v) is 7.17. The standard InChI is InChI=1S/C11H18FN3O2S/c1-15(2)9-4-3-8-14-18(16,17)11-10(12)6-5-7-13-11/h5-7,14H,3-4,8-9H2,1-2H3. The Bertz CT molecular complexity index is 477. The van der Waals surface area contributed by atoms with E-state index in [0.717, 1.165) is 19.0 Å². The van der Waals surface area contributed by atoms with E-state index in [-0.39, 0.29) is 6.54 Å². The van der Waals surface area contributed by atoms with E-state index in [9.17, 15) is 12.8 Å². The van der Waals surface area contributed by atoms with E-state index in [1.54, 1.807) is 0 Å². The van der Waals surface area contributed by atoms with Crippen LogP contribution in [0.5, 0.6) is 0 Å². The highest BCUT2D eigenvalue weighted by atomic mass is 32.2. The van der Waals surface area contributed by atoms with Crippen LogP contribution in [0.4, 0.5) is 4.39 Å². The summed E-state index contributed by atoms with van der Waals surface area (Å²) in [7, 11) is 0.0623. The van der Waals surface area contributed by atoms with Crippen LogP contribution in [0.25, 0.3) is 0 Å². The molecule has 0 amide bonds. The zero-order valence-electron chi connectivity index (χ0n) is 10.6. The molecule has 0 atom stereocenters. The van der Waals surface area contributed by atoms with Crippen LogP contribution in [-0.4, -0.2) is 45.5 Å². The molecule has 0 aliphatic rings. The van der Waals surface area contributed by atoms with Gasteiger partial charge in [-0.2, -0.15) is 0 Å². The maximum atomic E-state index is 13.3. The van der Waals surface area contributed by atoms with Gasteiger partial charge >= 0.3 is 0 Å². The fraction of sp³-hybridized carbons (Fsp3) is 0.545. The van der Waals surface area contributed by atoms with Crippen molar-refractivity contribution in [2.75, 3.05) is 27.2 Å². The summed E-state index contributed by atoms with van der Waals surface area (Å²) in [4.78, 5) is 5.56. The maximum Gasteiger partial charge on any atom is 0.261 e. The van der Waals surface area contributed by atoms with Gasteiger partial charge in [0, 0.05) is 12.7 Å². The minimum absolute atomic E-state index is 0.284. The molecule has 18 heavy (non-hydrogen) atoms. The van der Waals surface area contributed by atoms with Crippen molar-refractivity contribution in [3.05, 3.63) is 24.1 Å². The quantitative estimate of drug-likeness (QED) is 0.749. The summed E-state index contributed by atoms with van der Waals surface area (Å²) >= 11 is 0. The van der Waals surface area contributed by atoms with Gasteiger partial charge in [-0.05, 0) is 45.6 Å². The molecule has 0 bridgehead atoms. The Balaban J connectivity index is 2.49. The SMILES string of the molecule is CN(C)CCCCNS(=O)(=O)c1ncccc1F. The maximum absolute atomic E-state index is 13.3. The zero-order chi connectivity index (χ0) is 13.6. The number of nitrogens with zero attached hydrogens (tertiary/aromatic N) is 2. The minimum Gasteiger partial charge on any atom is -0.309 e. The summed E-state index contributed by atoms with van der Waals surface area (Å²) in [5.74, 6) is -0.835. The van der Waals surface area contributed by atoms with Crippen molar-refractivity contribution in [1.82, 2.24) is 14.6 Å². The molecule has 0 fully saturated rings. The van der Waals surface area contributed by atoms with Crippen LogP contribution in [0.3, 0.4) is 0 Å². The van der Waals surface area contributed by atoms with Crippen LogP contribution in [-0.2, 0) is 10.0 Å². The largest absolute Gasteiger partial charge is 0.309 e. The first kappa shape index (κ1) is 15.0. The van der Waals surface area contributed by atoms with Crippen molar-refractivity contribution in [3.63, 3.8) is 0 Å². The Morgan fingerprint density at radius 1 is 1.39 bits per heavy atom. The van der Waals surface area contributed by atoms with Gasteiger partial charge in [-0.15, -0.1) is 0 Å². The predicted molar refractivity (Wildman–Crippen MR) is 67.2 cm³/mol. The summed E-state index contributed by atoms with van der Waals surface area (Å²) in [5.41, 5.74) is 0. The van der Waals surface area contributed by atoms with Gasteiger partial charge in [-0.1, -0.05) is 0 Å². The lowest BCUT2D eigenvalue weighted by Gasteiger charge is -2.09. The van der Waals surface area contributed by atoms with Gasteiger partial charge in [0.15, 0.2) is 5.82 Å². The summed E-state index contributed by atoms with van der Waals surface area (Å²) in [6.45, 7) is 1.17. The van der Waals surface area contributed by atoms with Gasteiger partial charge in [0.2, 0.25) is 5.03 Å². The monoisotopic (exact) mass is 275 g/mol. The fourth-order valence-corrected chi connectivity index (χ4v) is 2.47. The molecule has 0 aliphatic carbocycles. The third-order valence-corrected chi connectivity index (χ3v) is 3.70. The van der Waals surface area contributed by atoms with Crippen molar-refractivity contribution in [1.29, 1.82) is 0 Å². The molecule has 0 unspecified atom stereocenters. The molecule has 5 nitrogen and oxygen atoms in total. The molecule has 0 aliphatic heterocycles. The molecule has 1 aromatic heterocycles. The first-order chi connectivity index (χ1) is 8.43. The number of sulfonamides is 1. The Morgan fingerprint density at radius 2 is 2.11 bits per heavy atom. The van der Waals surface area contributed by atoms with Crippen molar-refractivity contribution >= 4 is 10.0 Å². The highest BCUT2D eigenvalue weighted by Crippen LogP contribution is 2.09. The molecule has 1 aromatic rings. The molecule has 0 aromatic carbocycles. The van der Waals surface area contributed by atoms with E-state index in [2.05, 4.69) is 9.71 Å². The summed E-state index contributed by atoms with van der Waals surface area (Å²) < 4.78 is 39.1. The number of hydrogen-bond acceptors (Lipinski definition) is 4. The normalized spacial score (nSPS) is 12.0. The van der Waals surface area contributed by atoms with Gasteiger partial charge in [0.1, 0.15) is 0 Å². The van der Waals surface area contributed by atoms with Crippen molar-refractivity contribution in [2.24, 2.45) is 0 Å². The second kappa shape index (κ2) is 6.77. The Hall–Kier alpha value is -1.05. The predicted octanol–water partition coefficient (Wildman–Crippen LogP) is 0.841. The third-order valence-electron chi connectivity index (χ3n) is 2.30. The highest BCUT2D eigenvalue weighted by Gasteiger charge is 2.19. The van der Waals surface area contributed by atoms with Crippen molar-refractivity contribution < 1.29 is 12.8 Å². The van der Waals surface area contributed by atoms with Crippen LogP contribution in [0.2, 0.25) is 0 Å². The van der Waals surface area contributed by atoms with Gasteiger partial charge in [0.25, 0.3) is 10.0 Å². The van der Waals surface area contributed by atoms with Crippen LogP contribution in [0.1, 0.15) is 12.8 Å². The summed E-state index contributed by atoms with van der Waals surface area (Å²) in [5, 5.41) is -0.544. The lowest BCUT2D eigenvalue weighted by Crippen LogP contribution is -2.27. The van der Waals surface area contributed by atoms with Crippen molar-refractivity contribution in [2.45, 2.75) is 17.9 Å². The topological polar surface area (TPSA) is 62.3 Å². The fourth-order valence-electron chi connectivity index (χ4n) is 1.40. The molecule has 0 spiro atoms. The Kier molecular flexibility index (Phi) is 5.64. The lowest BCUT2D eigenvalue weighted by atomic mass is 10.3. The average molecular weight is 275 g/mol. The first-order valence-electron chi connectivity index (χ1n) is 5.68. The molecule has 7 heteroatoms. The van der Waals surface area contributed by atoms with E-state index in [1.165, 1.54) is 12.3 Å². The molecule has 1 rings (SSSR count). The number of pyridine rings is 1. The smallest absolute Gasteiger partial charge is 0.261 e. The van der Waals surface area contributed by atoms with Crippen molar-refractivity contribution in [3.8, 4) is 0 Å². The Morgan fingerprint density at radius 3 is 2.72 bits per heavy atom. The van der Waals surface area contributed by atoms with Crippen LogP contribution >= 0.6 is 0 Å². The second-order valence-corrected chi connectivity index (χ2v) is 5.88. The number of nitrogens with one attached hydrogen (secondary N) is 1. The molecule has 102 valence electrons. The molecule has 1 heterocycles. The number of unbranched alkanes of at least 4 members (excludes halogenated alkanes) is 1. The van der Waals surface area contributed by atoms with Crippen LogP contribution in [0.15, 0.2) is 23.4 Å². The lowest BCUT2D eigenvalue weighted by molar-refractivity contribution is 0.394. The second-order valence-electron chi connectivity index (χ2n) is 4.20. The molecular formula is C11H18FN3O2S. The zero-order valence-corrected chi connectivity index (χ0v) is 11.4. The van der Waals surface area contributed by atoms with Gasteiger partial charge < -0.3 is 4.90 Å². The van der Waals surface area contributed by atoms with Gasteiger partial charge in [-0.3, -0.25) is 0 Å². The molecule has 0 saturated carbocycles. The van der Waals surface area contributed by atoms with E-state index in [4.69, 9.17) is 0 Å². The minimum atomic E-state index is -3.84. The van der Waals surface area contributed by atoms with Crippen LogP contribution in [0, 0.1) is 5.82 Å².